The number of fused-ring (bicyclic) bond motifs is 1. The fourth-order valence-electron chi connectivity index (χ4n) is 3.29. The Labute approximate surface area is 200 Å². The Kier molecular flexibility index (Phi) is 9.25. The van der Waals surface area contributed by atoms with Gasteiger partial charge in [-0.25, -0.2) is 19.5 Å². The van der Waals surface area contributed by atoms with Crippen LogP contribution < -0.4 is 0 Å². The van der Waals surface area contributed by atoms with E-state index in [1.165, 1.54) is 10.9 Å². The molecule has 17 heteroatoms. The molecule has 1 saturated heterocycles. The van der Waals surface area contributed by atoms with E-state index in [0.717, 1.165) is 23.9 Å². The second kappa shape index (κ2) is 11.4. The largest absolute Gasteiger partial charge is 0.469 e. The molecule has 1 aliphatic rings. The van der Waals surface area contributed by atoms with Crippen LogP contribution in [0.4, 0.5) is 13.2 Å². The minimum atomic E-state index is -4.83. The van der Waals surface area contributed by atoms with Crippen LogP contribution in [0.25, 0.3) is 11.2 Å². The molecule has 0 spiro atoms. The van der Waals surface area contributed by atoms with Gasteiger partial charge in [-0.1, -0.05) is 11.8 Å². The van der Waals surface area contributed by atoms with E-state index in [4.69, 9.17) is 14.5 Å². The molecular weight excluding hydrogens is 524 g/mol. The minimum absolute atomic E-state index is 0.104. The number of aryl methyl sites for hydroxylation is 1. The molecule has 4 atom stereocenters. The van der Waals surface area contributed by atoms with Gasteiger partial charge in [-0.2, -0.15) is 24.9 Å². The Bertz CT molecular complexity index is 1020. The maximum atomic E-state index is 12.6. The molecular formula is C17H24F3N4O7PS2. The van der Waals surface area contributed by atoms with Gasteiger partial charge >= 0.3 is 14.0 Å². The van der Waals surface area contributed by atoms with Crippen molar-refractivity contribution in [1.29, 1.82) is 0 Å². The molecule has 3 heterocycles. The number of nitrogens with zero attached hydrogens (tertiary/aromatic N) is 4. The first-order chi connectivity index (χ1) is 15.9. The van der Waals surface area contributed by atoms with E-state index in [1.807, 2.05) is 6.26 Å². The molecule has 2 aromatic rings. The average Bonchev–Trinajstić information content (AvgIpc) is 3.27. The van der Waals surface area contributed by atoms with Crippen LogP contribution in [0.2, 0.25) is 0 Å². The van der Waals surface area contributed by atoms with Gasteiger partial charge in [0.2, 0.25) is 0 Å². The Balaban J connectivity index is 1.89. The summed E-state index contributed by atoms with van der Waals surface area (Å²) >= 11 is 2.47. The summed E-state index contributed by atoms with van der Waals surface area (Å²) < 4.78 is 59.9. The van der Waals surface area contributed by atoms with Crippen LogP contribution in [-0.2, 0) is 20.2 Å². The lowest BCUT2D eigenvalue weighted by atomic mass is 10.1. The first kappa shape index (κ1) is 27.6. The lowest BCUT2D eigenvalue weighted by Gasteiger charge is -2.17. The van der Waals surface area contributed by atoms with E-state index < -0.39 is 51.6 Å². The molecule has 0 aromatic carbocycles. The number of phosphoric acid groups is 1. The van der Waals surface area contributed by atoms with Gasteiger partial charge in [0.1, 0.15) is 23.8 Å². The normalized spacial score (nSPS) is 23.8. The van der Waals surface area contributed by atoms with Crippen molar-refractivity contribution in [3.05, 3.63) is 12.0 Å². The van der Waals surface area contributed by atoms with Gasteiger partial charge in [0, 0.05) is 5.75 Å². The van der Waals surface area contributed by atoms with Crippen LogP contribution >= 0.6 is 31.3 Å². The van der Waals surface area contributed by atoms with Crippen molar-refractivity contribution in [2.24, 2.45) is 0 Å². The number of alkyl halides is 3. The van der Waals surface area contributed by atoms with Gasteiger partial charge in [0.05, 0.1) is 25.0 Å². The van der Waals surface area contributed by atoms with Gasteiger partial charge in [0.25, 0.3) is 0 Å². The summed E-state index contributed by atoms with van der Waals surface area (Å²) in [6.45, 7) is -0.681. The van der Waals surface area contributed by atoms with Crippen molar-refractivity contribution < 1.29 is 47.0 Å². The summed E-state index contributed by atoms with van der Waals surface area (Å²) in [6, 6.07) is 0. The highest BCUT2D eigenvalue weighted by molar-refractivity contribution is 7.99. The van der Waals surface area contributed by atoms with Crippen LogP contribution in [0, 0.1) is 0 Å². The lowest BCUT2D eigenvalue weighted by molar-refractivity contribution is -0.129. The molecule has 0 unspecified atom stereocenters. The number of halogens is 3. The first-order valence-electron chi connectivity index (χ1n) is 10.0. The number of hydrogen-bond acceptors (Lipinski definition) is 10. The van der Waals surface area contributed by atoms with Gasteiger partial charge in [-0.15, -0.1) is 0 Å². The number of imidazole rings is 1. The molecule has 0 saturated carbocycles. The van der Waals surface area contributed by atoms with E-state index >= 15 is 0 Å². The fraction of sp³-hybridized carbons (Fsp3) is 0.706. The predicted molar refractivity (Wildman–Crippen MR) is 117 cm³/mol. The number of phosphoric ester groups is 1. The monoisotopic (exact) mass is 548 g/mol. The van der Waals surface area contributed by atoms with Crippen molar-refractivity contribution in [3.63, 3.8) is 0 Å². The van der Waals surface area contributed by atoms with Crippen molar-refractivity contribution in [2.75, 3.05) is 24.4 Å². The molecule has 1 aliphatic heterocycles. The molecule has 0 bridgehead atoms. The third-order valence-corrected chi connectivity index (χ3v) is 6.90. The Morgan fingerprint density at radius 1 is 1.24 bits per heavy atom. The second-order valence-electron chi connectivity index (χ2n) is 7.42. The van der Waals surface area contributed by atoms with Crippen LogP contribution in [0.5, 0.6) is 0 Å². The molecule has 2 aromatic heterocycles. The zero-order valence-corrected chi connectivity index (χ0v) is 20.4. The van der Waals surface area contributed by atoms with Crippen molar-refractivity contribution in [2.45, 2.75) is 55.1 Å². The number of hydrogen-bond donors (Lipinski definition) is 4. The SMILES string of the molecule is CSCCCc1nc(SCCC(F)(F)F)nc2c1ncn2[C@@H]1O[C@H](COP(=O)(O)O)[C@@H](O)[C@H]1O. The van der Waals surface area contributed by atoms with E-state index in [9.17, 15) is 27.9 Å². The molecule has 34 heavy (non-hydrogen) atoms. The maximum Gasteiger partial charge on any atom is 0.469 e. The molecule has 11 nitrogen and oxygen atoms in total. The highest BCUT2D eigenvalue weighted by atomic mass is 32.2. The summed E-state index contributed by atoms with van der Waals surface area (Å²) in [4.78, 5) is 30.7. The zero-order valence-electron chi connectivity index (χ0n) is 17.8. The summed E-state index contributed by atoms with van der Waals surface area (Å²) in [6.07, 6.45) is -6.37. The third-order valence-electron chi connectivity index (χ3n) is 4.87. The van der Waals surface area contributed by atoms with Crippen LogP contribution in [-0.4, -0.2) is 88.4 Å². The molecule has 192 valence electrons. The predicted octanol–water partition coefficient (Wildman–Crippen LogP) is 1.89. The number of thioether (sulfide) groups is 2. The molecule has 0 aliphatic carbocycles. The summed E-state index contributed by atoms with van der Waals surface area (Å²) in [7, 11) is -4.83. The van der Waals surface area contributed by atoms with Gasteiger partial charge < -0.3 is 24.7 Å². The van der Waals surface area contributed by atoms with E-state index in [2.05, 4.69) is 19.5 Å². The second-order valence-corrected chi connectivity index (χ2v) is 10.7. The quantitative estimate of drug-likeness (QED) is 0.140. The Hall–Kier alpha value is -0.970. The maximum absolute atomic E-state index is 12.6. The van der Waals surface area contributed by atoms with Crippen molar-refractivity contribution in [3.8, 4) is 0 Å². The number of aliphatic hydroxyl groups is 2. The molecule has 3 rings (SSSR count). The fourth-order valence-corrected chi connectivity index (χ4v) is 4.90. The third kappa shape index (κ3) is 7.27. The van der Waals surface area contributed by atoms with Crippen LogP contribution in [0.15, 0.2) is 11.5 Å². The van der Waals surface area contributed by atoms with Gasteiger partial charge in [-0.05, 0) is 24.9 Å². The molecule has 1 fully saturated rings. The molecule has 4 N–H and O–H groups in total. The highest BCUT2D eigenvalue weighted by Crippen LogP contribution is 2.39. The molecule has 0 radical (unpaired) electrons. The van der Waals surface area contributed by atoms with Crippen molar-refractivity contribution in [1.82, 2.24) is 19.5 Å². The number of aromatic nitrogens is 4. The van der Waals surface area contributed by atoms with Crippen molar-refractivity contribution >= 4 is 42.5 Å². The summed E-state index contributed by atoms with van der Waals surface area (Å²) in [5, 5.41) is 20.8. The first-order valence-corrected chi connectivity index (χ1v) is 13.9. The lowest BCUT2D eigenvalue weighted by Crippen LogP contribution is -2.33. The highest BCUT2D eigenvalue weighted by Gasteiger charge is 2.45. The van der Waals surface area contributed by atoms with E-state index in [-0.39, 0.29) is 16.6 Å². The van der Waals surface area contributed by atoms with E-state index in [1.54, 1.807) is 11.8 Å². The standard InChI is InChI=1S/C17H24F3N4O7PS2/c1-33-5-2-3-9-11-14(23-16(22-9)34-6-4-17(18,19)20)24(8-21-11)15-13(26)12(25)10(31-15)7-30-32(27,28)29/h8,10,12-13,15,25-26H,2-7H2,1H3,(H2,27,28,29)/t10-,12-,13-,15-/m1/s1. The zero-order chi connectivity index (χ0) is 25.1. The molecule has 0 amide bonds. The van der Waals surface area contributed by atoms with Gasteiger partial charge in [0.15, 0.2) is 17.0 Å². The number of aliphatic hydroxyl groups excluding tert-OH is 2. The summed E-state index contributed by atoms with van der Waals surface area (Å²) in [5.74, 6) is 0.553. The van der Waals surface area contributed by atoms with Crippen LogP contribution in [0.1, 0.15) is 24.8 Å². The Morgan fingerprint density at radius 2 is 1.97 bits per heavy atom. The smallest absolute Gasteiger partial charge is 0.387 e. The average molecular weight is 549 g/mol. The van der Waals surface area contributed by atoms with E-state index in [0.29, 0.717) is 17.6 Å². The van der Waals surface area contributed by atoms with Gasteiger partial charge in [-0.3, -0.25) is 9.09 Å². The topological polar surface area (TPSA) is 160 Å². The summed E-state index contributed by atoms with van der Waals surface area (Å²) in [5.41, 5.74) is 1.10. The minimum Gasteiger partial charge on any atom is -0.387 e. The van der Waals surface area contributed by atoms with Crippen LogP contribution in [0.3, 0.4) is 0 Å². The number of ether oxygens (including phenoxy) is 1. The Morgan fingerprint density at radius 3 is 2.62 bits per heavy atom. The number of rotatable bonds is 11.